The summed E-state index contributed by atoms with van der Waals surface area (Å²) in [5.74, 6) is 0. The molecule has 1 heterocycles. The fraction of sp³-hybridized carbons (Fsp3) is 0. The second-order valence-electron chi connectivity index (χ2n) is 2.31. The van der Waals surface area contributed by atoms with Crippen LogP contribution in [0.5, 0.6) is 0 Å². The van der Waals surface area contributed by atoms with Gasteiger partial charge in [-0.1, -0.05) is 6.07 Å². The van der Waals surface area contributed by atoms with Gasteiger partial charge in [0, 0.05) is 29.5 Å². The number of hydrogen-bond acceptors (Lipinski definition) is 2. The molecule has 0 unspecified atom stereocenters. The number of benzene rings is 1. The van der Waals surface area contributed by atoms with Crippen LogP contribution in [0.2, 0.25) is 0 Å². The Balaban J connectivity index is 2.88. The highest BCUT2D eigenvalue weighted by Gasteiger charge is 1.97. The molecule has 0 aliphatic heterocycles. The second kappa shape index (κ2) is 2.43. The molecule has 0 radical (unpaired) electrons. The number of aromatic nitrogens is 1. The topological polar surface area (TPSA) is 28.1 Å². The lowest BCUT2D eigenvalue weighted by Crippen LogP contribution is -1.66. The molecule has 2 aromatic rings. The Morgan fingerprint density at radius 1 is 1.27 bits per heavy atom. The van der Waals surface area contributed by atoms with Gasteiger partial charge in [-0.05, 0) is 18.2 Å². The van der Waals surface area contributed by atoms with Crippen LogP contribution in [0.1, 0.15) is 0 Å². The molecule has 0 spiro atoms. The van der Waals surface area contributed by atoms with Crippen LogP contribution in [0.3, 0.4) is 0 Å². The van der Waals surface area contributed by atoms with E-state index in [1.54, 1.807) is 0 Å². The van der Waals surface area contributed by atoms with E-state index < -0.39 is 0 Å². The molecule has 0 aliphatic rings. The summed E-state index contributed by atoms with van der Waals surface area (Å²) in [5, 5.41) is 1.09. The smallest absolute Gasteiger partial charge is 0.0863 e. The van der Waals surface area contributed by atoms with Crippen molar-refractivity contribution < 1.29 is 0 Å². The third-order valence-corrected chi connectivity index (χ3v) is 1.87. The van der Waals surface area contributed by atoms with E-state index >= 15 is 0 Å². The molecular weight excluding hydrogens is 156 g/mol. The highest BCUT2D eigenvalue weighted by molar-refractivity contribution is 7.47. The van der Waals surface area contributed by atoms with Crippen LogP contribution in [-0.2, 0) is 12.4 Å². The predicted octanol–water partition coefficient (Wildman–Crippen LogP) is 2.53. The Bertz CT molecular complexity index is 392. The average molecular weight is 162 g/mol. The minimum atomic E-state index is 0.860. The molecule has 0 saturated carbocycles. The lowest BCUT2D eigenvalue weighted by Gasteiger charge is -1.91. The van der Waals surface area contributed by atoms with E-state index in [1.165, 1.54) is 0 Å². The van der Waals surface area contributed by atoms with Crippen LogP contribution in [0, 0.1) is 0 Å². The average Bonchev–Trinajstić information content (AvgIpc) is 2.50. The van der Waals surface area contributed by atoms with E-state index in [9.17, 15) is 0 Å². The lowest BCUT2D eigenvalue weighted by molar-refractivity contribution is 1.48. The number of fused-ring (bicyclic) bond motifs is 1. The zero-order valence-electron chi connectivity index (χ0n) is 5.74. The maximum atomic E-state index is 4.62. The van der Waals surface area contributed by atoms with Gasteiger partial charge in [0.1, 0.15) is 0 Å². The molecule has 2 rings (SSSR count). The Kier molecular flexibility index (Phi) is 1.43. The zero-order valence-corrected chi connectivity index (χ0v) is 6.56. The minimum Gasteiger partial charge on any atom is -0.361 e. The normalized spacial score (nSPS) is 10.2. The quantitative estimate of drug-likeness (QED) is 0.685. The van der Waals surface area contributed by atoms with Crippen LogP contribution in [0.25, 0.3) is 10.9 Å². The summed E-state index contributed by atoms with van der Waals surface area (Å²) in [5.41, 5.74) is 1.94. The minimum absolute atomic E-state index is 0.860. The van der Waals surface area contributed by atoms with Crippen molar-refractivity contribution >= 4 is 29.0 Å². The van der Waals surface area contributed by atoms with Crippen LogP contribution in [0.4, 0.5) is 5.69 Å². The molecule has 3 heteroatoms. The number of aromatic amines is 1. The SMILES string of the molecule is S=Nc1cccc2[nH]ccc12. The summed E-state index contributed by atoms with van der Waals surface area (Å²) in [7, 11) is 0. The van der Waals surface area contributed by atoms with Gasteiger partial charge in [0.25, 0.3) is 0 Å². The summed E-state index contributed by atoms with van der Waals surface area (Å²) in [6.45, 7) is 0. The van der Waals surface area contributed by atoms with Crippen molar-refractivity contribution in [3.05, 3.63) is 30.5 Å². The fourth-order valence-electron chi connectivity index (χ4n) is 1.15. The third kappa shape index (κ3) is 0.935. The van der Waals surface area contributed by atoms with Crippen LogP contribution >= 0.6 is 0 Å². The number of nitrogens with zero attached hydrogens (tertiary/aromatic N) is 1. The molecular formula is C8H6N2S. The molecule has 1 aromatic carbocycles. The summed E-state index contributed by atoms with van der Waals surface area (Å²) in [6, 6.07) is 7.81. The summed E-state index contributed by atoms with van der Waals surface area (Å²) in [4.78, 5) is 3.09. The highest BCUT2D eigenvalue weighted by atomic mass is 32.1. The van der Waals surface area contributed by atoms with Crippen LogP contribution in [0.15, 0.2) is 34.8 Å². The summed E-state index contributed by atoms with van der Waals surface area (Å²) >= 11 is 4.62. The Morgan fingerprint density at radius 3 is 3.00 bits per heavy atom. The number of hydrogen-bond donors (Lipinski definition) is 1. The molecule has 1 N–H and O–H groups in total. The van der Waals surface area contributed by atoms with Crippen molar-refractivity contribution in [2.24, 2.45) is 4.36 Å². The summed E-state index contributed by atoms with van der Waals surface area (Å²) in [6.07, 6.45) is 1.88. The first-order valence-electron chi connectivity index (χ1n) is 3.31. The van der Waals surface area contributed by atoms with Gasteiger partial charge < -0.3 is 4.98 Å². The Labute approximate surface area is 69.4 Å². The number of H-pyrrole nitrogens is 1. The molecule has 0 saturated heterocycles. The van der Waals surface area contributed by atoms with Gasteiger partial charge >= 0.3 is 0 Å². The largest absolute Gasteiger partial charge is 0.361 e. The van der Waals surface area contributed by atoms with Gasteiger partial charge in [-0.2, -0.15) is 4.36 Å². The molecule has 0 amide bonds. The standard InChI is InChI=1S/C8H6N2S/c11-10-8-3-1-2-7-6(8)4-5-9-7/h1-5,9H. The molecule has 0 bridgehead atoms. The van der Waals surface area contributed by atoms with E-state index in [-0.39, 0.29) is 0 Å². The highest BCUT2D eigenvalue weighted by Crippen LogP contribution is 2.23. The van der Waals surface area contributed by atoms with Gasteiger partial charge in [-0.3, -0.25) is 0 Å². The fourth-order valence-corrected chi connectivity index (χ4v) is 1.31. The molecule has 11 heavy (non-hydrogen) atoms. The van der Waals surface area contributed by atoms with Gasteiger partial charge in [0.2, 0.25) is 0 Å². The van der Waals surface area contributed by atoms with E-state index in [4.69, 9.17) is 0 Å². The molecule has 2 nitrogen and oxygen atoms in total. The van der Waals surface area contributed by atoms with E-state index in [1.807, 2.05) is 30.5 Å². The molecule has 1 aromatic heterocycles. The first-order chi connectivity index (χ1) is 5.42. The van der Waals surface area contributed by atoms with Crippen molar-refractivity contribution in [3.8, 4) is 0 Å². The van der Waals surface area contributed by atoms with Gasteiger partial charge in [0.15, 0.2) is 0 Å². The van der Waals surface area contributed by atoms with Crippen molar-refractivity contribution in [2.45, 2.75) is 0 Å². The predicted molar refractivity (Wildman–Crippen MR) is 47.8 cm³/mol. The van der Waals surface area contributed by atoms with E-state index in [0.717, 1.165) is 16.6 Å². The van der Waals surface area contributed by atoms with Gasteiger partial charge in [0.05, 0.1) is 5.69 Å². The van der Waals surface area contributed by atoms with Crippen molar-refractivity contribution in [1.82, 2.24) is 4.98 Å². The maximum absolute atomic E-state index is 4.62. The van der Waals surface area contributed by atoms with E-state index in [2.05, 4.69) is 21.8 Å². The molecule has 0 fully saturated rings. The van der Waals surface area contributed by atoms with Gasteiger partial charge in [-0.25, -0.2) is 0 Å². The number of rotatable bonds is 1. The monoisotopic (exact) mass is 162 g/mol. The Morgan fingerprint density at radius 2 is 2.18 bits per heavy atom. The van der Waals surface area contributed by atoms with Crippen LogP contribution < -0.4 is 0 Å². The van der Waals surface area contributed by atoms with Crippen LogP contribution in [-0.4, -0.2) is 4.98 Å². The third-order valence-electron chi connectivity index (χ3n) is 1.67. The van der Waals surface area contributed by atoms with Crippen molar-refractivity contribution in [1.29, 1.82) is 0 Å². The van der Waals surface area contributed by atoms with Crippen molar-refractivity contribution in [2.75, 3.05) is 0 Å². The first-order valence-corrected chi connectivity index (χ1v) is 3.68. The lowest BCUT2D eigenvalue weighted by atomic mass is 10.2. The maximum Gasteiger partial charge on any atom is 0.0863 e. The second-order valence-corrected chi connectivity index (χ2v) is 2.49. The van der Waals surface area contributed by atoms with Gasteiger partial charge in [-0.15, -0.1) is 0 Å². The van der Waals surface area contributed by atoms with E-state index in [0.29, 0.717) is 0 Å². The van der Waals surface area contributed by atoms with Crippen molar-refractivity contribution in [3.63, 3.8) is 0 Å². The molecule has 54 valence electrons. The number of nitrogens with one attached hydrogen (secondary N) is 1. The zero-order chi connectivity index (χ0) is 7.68. The Hall–Kier alpha value is -1.22. The molecule has 0 aliphatic carbocycles. The first kappa shape index (κ1) is 6.49. The summed E-state index contributed by atoms with van der Waals surface area (Å²) < 4.78 is 3.73. The molecule has 0 atom stereocenters.